The van der Waals surface area contributed by atoms with Crippen LogP contribution in [0, 0.1) is 0 Å². The molecule has 470 valence electrons. The third-order valence-corrected chi connectivity index (χ3v) is 14.6. The van der Waals surface area contributed by atoms with E-state index in [4.69, 9.17) is 28.4 Å². The molecular formula is C63H105NO18. The first-order chi connectivity index (χ1) is 39.8. The number of hydrogen-bond donors (Lipinski definition) is 12. The lowest BCUT2D eigenvalue weighted by atomic mass is 9.96. The van der Waals surface area contributed by atoms with Crippen molar-refractivity contribution in [2.45, 2.75) is 266 Å². The predicted octanol–water partition coefficient (Wildman–Crippen LogP) is 5.76. The third kappa shape index (κ3) is 28.3. The van der Waals surface area contributed by atoms with Crippen LogP contribution in [0.2, 0.25) is 0 Å². The quantitative estimate of drug-likeness (QED) is 0.0255. The lowest BCUT2D eigenvalue weighted by Crippen LogP contribution is -2.66. The molecule has 0 radical (unpaired) electrons. The summed E-state index contributed by atoms with van der Waals surface area (Å²) >= 11 is 0. The molecule has 0 aromatic carbocycles. The average molecular weight is 1160 g/mol. The summed E-state index contributed by atoms with van der Waals surface area (Å²) in [6, 6.07) is -1.03. The van der Waals surface area contributed by atoms with Crippen molar-refractivity contribution >= 4 is 5.91 Å². The molecule has 12 N–H and O–H groups in total. The van der Waals surface area contributed by atoms with E-state index in [2.05, 4.69) is 92.1 Å². The molecule has 1 amide bonds. The zero-order valence-corrected chi connectivity index (χ0v) is 48.9. The molecule has 0 aromatic heterocycles. The highest BCUT2D eigenvalue weighted by molar-refractivity contribution is 5.76. The fourth-order valence-electron chi connectivity index (χ4n) is 9.61. The maximum atomic E-state index is 13.3. The number of unbranched alkanes of at least 4 members (excludes halogenated alkanes) is 13. The first-order valence-electron chi connectivity index (χ1n) is 30.5. The summed E-state index contributed by atoms with van der Waals surface area (Å²) in [5, 5.41) is 120. The Morgan fingerprint density at radius 1 is 0.451 bits per heavy atom. The molecule has 3 aliphatic heterocycles. The molecule has 3 saturated heterocycles. The van der Waals surface area contributed by atoms with Gasteiger partial charge in [0.15, 0.2) is 18.9 Å². The van der Waals surface area contributed by atoms with Crippen molar-refractivity contribution in [3.63, 3.8) is 0 Å². The van der Waals surface area contributed by atoms with E-state index in [9.17, 15) is 61.0 Å². The second kappa shape index (κ2) is 45.1. The Morgan fingerprint density at radius 2 is 0.854 bits per heavy atom. The molecule has 3 rings (SSSR count). The summed E-state index contributed by atoms with van der Waals surface area (Å²) in [5.41, 5.74) is 0. The Balaban J connectivity index is 1.54. The van der Waals surface area contributed by atoms with E-state index in [0.29, 0.717) is 19.3 Å². The molecule has 0 saturated carbocycles. The number of ether oxygens (including phenoxy) is 6. The molecule has 3 aliphatic rings. The number of amides is 1. The van der Waals surface area contributed by atoms with Crippen LogP contribution in [0.3, 0.4) is 0 Å². The summed E-state index contributed by atoms with van der Waals surface area (Å²) in [4.78, 5) is 13.3. The van der Waals surface area contributed by atoms with E-state index in [0.717, 1.165) is 57.8 Å². The van der Waals surface area contributed by atoms with Crippen LogP contribution in [0.4, 0.5) is 0 Å². The van der Waals surface area contributed by atoms with Crippen molar-refractivity contribution in [3.8, 4) is 0 Å². The summed E-state index contributed by atoms with van der Waals surface area (Å²) < 4.78 is 34.2. The molecule has 3 fully saturated rings. The number of aliphatic hydroxyl groups excluding tert-OH is 11. The Labute approximate surface area is 488 Å². The fraction of sp³-hybridized carbons (Fsp3) is 0.730. The SMILES string of the molecule is CC/C=C\C/C=C\C/C=C\C/C=C\C/C=C\CCCC(=O)NC(COC1OC(CO)C(OC2OC(CO)C(OC3OC(CO)C(O)C(O)C3O)C(O)C2O)C(O)C1O)C(O)/C=C/CC/C=C/CC/C=C/CCCCCCCCCCCC. The van der Waals surface area contributed by atoms with Crippen LogP contribution >= 0.6 is 0 Å². The number of carbonyl (C=O) groups excluding carboxylic acids is 1. The van der Waals surface area contributed by atoms with Crippen LogP contribution in [0.5, 0.6) is 0 Å². The van der Waals surface area contributed by atoms with E-state index >= 15 is 0 Å². The lowest BCUT2D eigenvalue weighted by Gasteiger charge is -2.48. The Bertz CT molecular complexity index is 1870. The average Bonchev–Trinajstić information content (AvgIpc) is 3.39. The minimum Gasteiger partial charge on any atom is -0.394 e. The third-order valence-electron chi connectivity index (χ3n) is 14.6. The standard InChI is InChI=1S/C63H105NO18/c1-3-5-7-9-11-13-15-17-19-21-22-23-25-26-28-30-32-34-36-38-40-47(68)46(64-51(69)41-39-37-35-33-31-29-27-24-20-18-16-14-12-10-8-6-4-2)45-77-61-57(75)54(72)59(49(43-66)79-61)82-63-58(76)55(73)60(50(44-67)80-63)81-62-56(74)53(71)52(70)48(42-65)78-62/h6,8,12,14,18,20,23,25,27,29-30,32-33,35,38,40,46-50,52-63,65-68,70-76H,3-5,7,9-11,13,15-17,19,21-22,24,26,28,31,34,36-37,39,41-45H2,1-2H3,(H,64,69)/b8-6-,14-12-,20-18-,25-23+,29-27-,32-30+,35-33-,40-38+. The smallest absolute Gasteiger partial charge is 0.220 e. The number of rotatable bonds is 43. The number of aliphatic hydroxyl groups is 11. The van der Waals surface area contributed by atoms with Gasteiger partial charge in [0, 0.05) is 6.42 Å². The molecule has 0 aromatic rings. The molecule has 3 heterocycles. The minimum absolute atomic E-state index is 0.148. The van der Waals surface area contributed by atoms with Gasteiger partial charge in [-0.05, 0) is 83.5 Å². The summed E-state index contributed by atoms with van der Waals surface area (Å²) in [7, 11) is 0. The van der Waals surface area contributed by atoms with Crippen LogP contribution in [-0.4, -0.2) is 193 Å². The zero-order chi connectivity index (χ0) is 59.7. The van der Waals surface area contributed by atoms with Crippen molar-refractivity contribution in [1.29, 1.82) is 0 Å². The molecule has 19 nitrogen and oxygen atoms in total. The van der Waals surface area contributed by atoms with Gasteiger partial charge < -0.3 is 89.9 Å². The molecule has 0 bridgehead atoms. The van der Waals surface area contributed by atoms with Crippen molar-refractivity contribution in [2.24, 2.45) is 0 Å². The van der Waals surface area contributed by atoms with Crippen molar-refractivity contribution in [3.05, 3.63) is 97.2 Å². The van der Waals surface area contributed by atoms with Crippen LogP contribution in [0.1, 0.15) is 162 Å². The molecular weight excluding hydrogens is 1060 g/mol. The van der Waals surface area contributed by atoms with E-state index in [1.807, 2.05) is 18.2 Å². The molecule has 17 atom stereocenters. The van der Waals surface area contributed by atoms with Crippen LogP contribution in [0.15, 0.2) is 97.2 Å². The van der Waals surface area contributed by atoms with E-state index < -0.39 is 131 Å². The van der Waals surface area contributed by atoms with Gasteiger partial charge in [0.1, 0.15) is 73.2 Å². The minimum atomic E-state index is -1.99. The largest absolute Gasteiger partial charge is 0.394 e. The lowest BCUT2D eigenvalue weighted by molar-refractivity contribution is -0.379. The highest BCUT2D eigenvalue weighted by atomic mass is 16.8. The van der Waals surface area contributed by atoms with E-state index in [1.165, 1.54) is 64.2 Å². The first-order valence-corrected chi connectivity index (χ1v) is 30.5. The van der Waals surface area contributed by atoms with Gasteiger partial charge in [0.05, 0.1) is 38.6 Å². The normalized spacial score (nSPS) is 30.3. The van der Waals surface area contributed by atoms with Crippen molar-refractivity contribution in [2.75, 3.05) is 26.4 Å². The van der Waals surface area contributed by atoms with Gasteiger partial charge in [-0.1, -0.05) is 169 Å². The van der Waals surface area contributed by atoms with Gasteiger partial charge in [-0.15, -0.1) is 0 Å². The second-order valence-electron chi connectivity index (χ2n) is 21.4. The van der Waals surface area contributed by atoms with Gasteiger partial charge in [0.2, 0.25) is 5.91 Å². The number of carbonyl (C=O) groups is 1. The number of allylic oxidation sites excluding steroid dienone is 15. The van der Waals surface area contributed by atoms with Crippen molar-refractivity contribution in [1.82, 2.24) is 5.32 Å². The number of nitrogens with one attached hydrogen (secondary N) is 1. The monoisotopic (exact) mass is 1160 g/mol. The molecule has 0 aliphatic carbocycles. The molecule has 82 heavy (non-hydrogen) atoms. The number of hydrogen-bond acceptors (Lipinski definition) is 18. The predicted molar refractivity (Wildman–Crippen MR) is 314 cm³/mol. The zero-order valence-electron chi connectivity index (χ0n) is 48.9. The highest BCUT2D eigenvalue weighted by Gasteiger charge is 2.53. The van der Waals surface area contributed by atoms with E-state index in [1.54, 1.807) is 6.08 Å². The topological polar surface area (TPSA) is 307 Å². The highest BCUT2D eigenvalue weighted by Crippen LogP contribution is 2.33. The van der Waals surface area contributed by atoms with E-state index in [-0.39, 0.29) is 12.3 Å². The van der Waals surface area contributed by atoms with Crippen molar-refractivity contribution < 1.29 is 89.4 Å². The van der Waals surface area contributed by atoms with Gasteiger partial charge >= 0.3 is 0 Å². The van der Waals surface area contributed by atoms with Gasteiger partial charge in [-0.3, -0.25) is 4.79 Å². The Kier molecular flexibility index (Phi) is 40.1. The van der Waals surface area contributed by atoms with Crippen LogP contribution < -0.4 is 5.32 Å². The van der Waals surface area contributed by atoms with Gasteiger partial charge in [0.25, 0.3) is 0 Å². The summed E-state index contributed by atoms with van der Waals surface area (Å²) in [6.45, 7) is 1.51. The summed E-state index contributed by atoms with van der Waals surface area (Å²) in [6.07, 6.45) is 29.7. The Morgan fingerprint density at radius 3 is 1.37 bits per heavy atom. The molecule has 19 heteroatoms. The second-order valence-corrected chi connectivity index (χ2v) is 21.4. The van der Waals surface area contributed by atoms with Gasteiger partial charge in [-0.25, -0.2) is 0 Å². The van der Waals surface area contributed by atoms with Crippen LogP contribution in [-0.2, 0) is 33.2 Å². The van der Waals surface area contributed by atoms with Crippen LogP contribution in [0.25, 0.3) is 0 Å². The van der Waals surface area contributed by atoms with Gasteiger partial charge in [-0.2, -0.15) is 0 Å². The Hall–Kier alpha value is -3.29. The molecule has 0 spiro atoms. The maximum absolute atomic E-state index is 13.3. The summed E-state index contributed by atoms with van der Waals surface area (Å²) in [5.74, 6) is -0.351. The first kappa shape index (κ1) is 73.0. The maximum Gasteiger partial charge on any atom is 0.220 e. The fourth-order valence-corrected chi connectivity index (χ4v) is 9.61. The molecule has 17 unspecified atom stereocenters.